The van der Waals surface area contributed by atoms with Gasteiger partial charge in [0.05, 0.1) is 11.1 Å². The Morgan fingerprint density at radius 2 is 2.06 bits per heavy atom. The number of hydrogen-bond acceptors (Lipinski definition) is 6. The van der Waals surface area contributed by atoms with Gasteiger partial charge in [-0.1, -0.05) is 17.7 Å². The van der Waals surface area contributed by atoms with E-state index < -0.39 is 5.82 Å². The van der Waals surface area contributed by atoms with Gasteiger partial charge in [-0.05, 0) is 68.2 Å². The molecule has 4 aromatic rings. The third-order valence-corrected chi connectivity index (χ3v) is 6.73. The maximum atomic E-state index is 14.0. The zero-order valence-corrected chi connectivity index (χ0v) is 20.9. The first-order valence-corrected chi connectivity index (χ1v) is 12.2. The Morgan fingerprint density at radius 1 is 1.22 bits per heavy atom. The first-order chi connectivity index (χ1) is 17.3. The number of nitrogens with zero attached hydrogens (tertiary/aromatic N) is 4. The lowest BCUT2D eigenvalue weighted by Crippen LogP contribution is -2.35. The molecule has 5 rings (SSSR count). The second-order valence-corrected chi connectivity index (χ2v) is 9.88. The van der Waals surface area contributed by atoms with Crippen LogP contribution in [-0.4, -0.2) is 50.7 Å². The molecule has 2 aromatic heterocycles. The quantitative estimate of drug-likeness (QED) is 0.401. The van der Waals surface area contributed by atoms with Gasteiger partial charge in [0, 0.05) is 48.0 Å². The number of aromatic nitrogens is 3. The van der Waals surface area contributed by atoms with Crippen molar-refractivity contribution in [3.8, 4) is 22.6 Å². The summed E-state index contributed by atoms with van der Waals surface area (Å²) in [6, 6.07) is 9.64. The molecule has 1 aliphatic rings. The van der Waals surface area contributed by atoms with Crippen molar-refractivity contribution >= 4 is 22.6 Å². The second-order valence-electron chi connectivity index (χ2n) is 9.44. The lowest BCUT2D eigenvalue weighted by molar-refractivity contribution is 0.294. The molecule has 2 aromatic carbocycles. The van der Waals surface area contributed by atoms with Crippen LogP contribution in [0.25, 0.3) is 27.8 Å². The summed E-state index contributed by atoms with van der Waals surface area (Å²) in [5, 5.41) is 14.4. The van der Waals surface area contributed by atoms with Gasteiger partial charge in [-0.25, -0.2) is 14.4 Å². The monoisotopic (exact) mass is 507 g/mol. The van der Waals surface area contributed by atoms with Crippen LogP contribution >= 0.6 is 11.6 Å². The van der Waals surface area contributed by atoms with E-state index in [4.69, 9.17) is 11.6 Å². The standard InChI is InChI=1S/C27H27ClFN5O2/c1-16-6-17(8-18(28)7-16)23-12-31-26-25(24(23)14-33(2)13-20-4-3-5-30-20)27(36)34(15-32-26)21-9-19(29)10-22(35)11-21/h6-12,15,20,30,35H,3-5,13-14H2,1-2H3/t20-/m1/s1. The van der Waals surface area contributed by atoms with E-state index in [1.54, 1.807) is 6.20 Å². The Hall–Kier alpha value is -3.33. The summed E-state index contributed by atoms with van der Waals surface area (Å²) in [6.07, 6.45) is 5.30. The van der Waals surface area contributed by atoms with Gasteiger partial charge >= 0.3 is 0 Å². The van der Waals surface area contributed by atoms with Crippen molar-refractivity contribution in [3.63, 3.8) is 0 Å². The predicted molar refractivity (Wildman–Crippen MR) is 139 cm³/mol. The summed E-state index contributed by atoms with van der Waals surface area (Å²) in [7, 11) is 2.03. The van der Waals surface area contributed by atoms with Crippen molar-refractivity contribution in [2.75, 3.05) is 20.1 Å². The Morgan fingerprint density at radius 3 is 2.78 bits per heavy atom. The number of halogens is 2. The summed E-state index contributed by atoms with van der Waals surface area (Å²) < 4.78 is 15.3. The summed E-state index contributed by atoms with van der Waals surface area (Å²) >= 11 is 6.38. The molecular weight excluding hydrogens is 481 g/mol. The van der Waals surface area contributed by atoms with Gasteiger partial charge in [-0.2, -0.15) is 0 Å². The second kappa shape index (κ2) is 9.97. The topological polar surface area (TPSA) is 83.3 Å². The van der Waals surface area contributed by atoms with Gasteiger partial charge in [-0.3, -0.25) is 9.36 Å². The molecule has 0 unspecified atom stereocenters. The number of likely N-dealkylation sites (N-methyl/N-ethyl adjacent to an activating group) is 1. The van der Waals surface area contributed by atoms with Crippen LogP contribution in [0.2, 0.25) is 5.02 Å². The van der Waals surface area contributed by atoms with Crippen LogP contribution in [0.15, 0.2) is 53.7 Å². The molecule has 1 aliphatic heterocycles. The SMILES string of the molecule is Cc1cc(Cl)cc(-c2cnc3ncn(-c4cc(O)cc(F)c4)c(=O)c3c2CN(C)C[C@H]2CCCN2)c1. The van der Waals surface area contributed by atoms with Gasteiger partial charge < -0.3 is 15.3 Å². The number of aryl methyl sites for hydroxylation is 1. The first-order valence-electron chi connectivity index (χ1n) is 11.9. The van der Waals surface area contributed by atoms with Gasteiger partial charge in [0.1, 0.15) is 17.9 Å². The fraction of sp³-hybridized carbons (Fsp3) is 0.296. The minimum Gasteiger partial charge on any atom is -0.508 e. The molecule has 186 valence electrons. The summed E-state index contributed by atoms with van der Waals surface area (Å²) in [5.41, 5.74) is 3.52. The number of hydrogen-bond donors (Lipinski definition) is 2. The lowest BCUT2D eigenvalue weighted by Gasteiger charge is -2.23. The Kier molecular flexibility index (Phi) is 6.75. The normalized spacial score (nSPS) is 15.8. The molecule has 0 spiro atoms. The zero-order chi connectivity index (χ0) is 25.4. The van der Waals surface area contributed by atoms with E-state index in [0.29, 0.717) is 28.6 Å². The number of benzene rings is 2. The van der Waals surface area contributed by atoms with Gasteiger partial charge in [0.15, 0.2) is 5.65 Å². The number of phenolic OH excluding ortho intramolecular Hbond substituents is 1. The van der Waals surface area contributed by atoms with Crippen LogP contribution in [-0.2, 0) is 6.54 Å². The average Bonchev–Trinajstić information content (AvgIpc) is 3.31. The number of pyridine rings is 1. The molecule has 1 saturated heterocycles. The predicted octanol–water partition coefficient (Wildman–Crippen LogP) is 4.44. The fourth-order valence-electron chi connectivity index (χ4n) is 4.96. The number of nitrogens with one attached hydrogen (secondary N) is 1. The fourth-order valence-corrected chi connectivity index (χ4v) is 5.25. The molecule has 0 aliphatic carbocycles. The first kappa shape index (κ1) is 24.4. The Bertz CT molecular complexity index is 1450. The minimum atomic E-state index is -0.651. The highest BCUT2D eigenvalue weighted by molar-refractivity contribution is 6.31. The highest BCUT2D eigenvalue weighted by Crippen LogP contribution is 2.31. The summed E-state index contributed by atoms with van der Waals surface area (Å²) in [6.45, 7) is 4.28. The third-order valence-electron chi connectivity index (χ3n) is 6.52. The van der Waals surface area contributed by atoms with Crippen molar-refractivity contribution in [1.29, 1.82) is 0 Å². The molecule has 2 N–H and O–H groups in total. The van der Waals surface area contributed by atoms with Crippen LogP contribution in [0.3, 0.4) is 0 Å². The Balaban J connectivity index is 1.71. The molecule has 7 nitrogen and oxygen atoms in total. The maximum absolute atomic E-state index is 14.0. The van der Waals surface area contributed by atoms with Crippen molar-refractivity contribution in [2.45, 2.75) is 32.4 Å². The molecule has 0 radical (unpaired) electrons. The molecular formula is C27H27ClFN5O2. The van der Waals surface area contributed by atoms with Crippen molar-refractivity contribution in [1.82, 2.24) is 24.8 Å². The van der Waals surface area contributed by atoms with Gasteiger partial charge in [-0.15, -0.1) is 0 Å². The van der Waals surface area contributed by atoms with Gasteiger partial charge in [0.25, 0.3) is 5.56 Å². The van der Waals surface area contributed by atoms with E-state index in [-0.39, 0.29) is 17.0 Å². The van der Waals surface area contributed by atoms with Crippen molar-refractivity contribution in [3.05, 3.63) is 81.2 Å². The van der Waals surface area contributed by atoms with Crippen LogP contribution in [0.1, 0.15) is 24.0 Å². The van der Waals surface area contributed by atoms with E-state index >= 15 is 0 Å². The summed E-state index contributed by atoms with van der Waals surface area (Å²) in [5.74, 6) is -0.926. The molecule has 0 saturated carbocycles. The number of rotatable bonds is 6. The Labute approximate surface area is 213 Å². The molecule has 36 heavy (non-hydrogen) atoms. The number of aromatic hydroxyl groups is 1. The molecule has 3 heterocycles. The van der Waals surface area contributed by atoms with Crippen LogP contribution in [0.5, 0.6) is 5.75 Å². The molecule has 1 atom stereocenters. The van der Waals surface area contributed by atoms with Crippen LogP contribution in [0, 0.1) is 12.7 Å². The minimum absolute atomic E-state index is 0.186. The van der Waals surface area contributed by atoms with E-state index in [2.05, 4.69) is 20.2 Å². The van der Waals surface area contributed by atoms with Crippen molar-refractivity contribution < 1.29 is 9.50 Å². The maximum Gasteiger partial charge on any atom is 0.267 e. The van der Waals surface area contributed by atoms with E-state index in [1.165, 1.54) is 23.0 Å². The largest absolute Gasteiger partial charge is 0.508 e. The molecule has 1 fully saturated rings. The molecule has 9 heteroatoms. The molecule has 0 amide bonds. The van der Waals surface area contributed by atoms with Crippen molar-refractivity contribution in [2.24, 2.45) is 0 Å². The highest BCUT2D eigenvalue weighted by Gasteiger charge is 2.21. The van der Waals surface area contributed by atoms with E-state index in [1.807, 2.05) is 32.2 Å². The average molecular weight is 508 g/mol. The summed E-state index contributed by atoms with van der Waals surface area (Å²) in [4.78, 5) is 24.9. The smallest absolute Gasteiger partial charge is 0.267 e. The third kappa shape index (κ3) is 4.97. The van der Waals surface area contributed by atoms with E-state index in [0.717, 1.165) is 54.3 Å². The van der Waals surface area contributed by atoms with Crippen LogP contribution in [0.4, 0.5) is 4.39 Å². The molecule has 0 bridgehead atoms. The zero-order valence-electron chi connectivity index (χ0n) is 20.1. The lowest BCUT2D eigenvalue weighted by atomic mass is 9.97. The highest BCUT2D eigenvalue weighted by atomic mass is 35.5. The number of phenols is 1. The van der Waals surface area contributed by atoms with E-state index in [9.17, 15) is 14.3 Å². The van der Waals surface area contributed by atoms with Crippen LogP contribution < -0.4 is 10.9 Å². The van der Waals surface area contributed by atoms with Gasteiger partial charge in [0.2, 0.25) is 0 Å². The number of fused-ring (bicyclic) bond motifs is 1.